The molecule has 0 saturated carbocycles. The molecule has 2 rings (SSSR count). The number of nitrogens with two attached hydrogens (primary N) is 1. The summed E-state index contributed by atoms with van der Waals surface area (Å²) in [5.74, 6) is 0. The smallest absolute Gasteiger partial charge is 0.0585 e. The summed E-state index contributed by atoms with van der Waals surface area (Å²) in [5, 5.41) is 8.99. The van der Waals surface area contributed by atoms with Crippen LogP contribution in [-0.4, -0.2) is 17.8 Å². The van der Waals surface area contributed by atoms with Gasteiger partial charge in [-0.15, -0.1) is 0 Å². The van der Waals surface area contributed by atoms with Gasteiger partial charge in [0.15, 0.2) is 0 Å². The van der Waals surface area contributed by atoms with Crippen molar-refractivity contribution in [3.05, 3.63) is 59.7 Å². The average molecular weight is 241 g/mol. The number of aliphatic hydroxyl groups excluding tert-OH is 1. The zero-order valence-electron chi connectivity index (χ0n) is 10.6. The van der Waals surface area contributed by atoms with Crippen LogP contribution in [0.1, 0.15) is 11.1 Å². The summed E-state index contributed by atoms with van der Waals surface area (Å²) in [4.78, 5) is 0. The lowest BCUT2D eigenvalue weighted by Crippen LogP contribution is -2.26. The van der Waals surface area contributed by atoms with Gasteiger partial charge in [-0.3, -0.25) is 0 Å². The van der Waals surface area contributed by atoms with Crippen molar-refractivity contribution in [2.24, 2.45) is 5.73 Å². The quantitative estimate of drug-likeness (QED) is 0.864. The van der Waals surface area contributed by atoms with Crippen molar-refractivity contribution in [2.75, 3.05) is 6.61 Å². The van der Waals surface area contributed by atoms with Gasteiger partial charge < -0.3 is 10.8 Å². The number of benzene rings is 2. The molecule has 0 bridgehead atoms. The fourth-order valence-electron chi connectivity index (χ4n) is 2.07. The largest absolute Gasteiger partial charge is 0.395 e. The van der Waals surface area contributed by atoms with Crippen molar-refractivity contribution < 1.29 is 5.11 Å². The molecule has 94 valence electrons. The van der Waals surface area contributed by atoms with Crippen LogP contribution in [0.4, 0.5) is 0 Å². The summed E-state index contributed by atoms with van der Waals surface area (Å²) in [6.07, 6.45) is 0.705. The first-order valence-electron chi connectivity index (χ1n) is 6.21. The van der Waals surface area contributed by atoms with Crippen molar-refractivity contribution in [3.8, 4) is 11.1 Å². The minimum atomic E-state index is -0.183. The molecule has 0 amide bonds. The van der Waals surface area contributed by atoms with Crippen molar-refractivity contribution in [1.82, 2.24) is 0 Å². The fourth-order valence-corrected chi connectivity index (χ4v) is 2.07. The van der Waals surface area contributed by atoms with E-state index >= 15 is 0 Å². The molecule has 0 radical (unpaired) electrons. The minimum Gasteiger partial charge on any atom is -0.395 e. The van der Waals surface area contributed by atoms with E-state index in [4.69, 9.17) is 10.8 Å². The normalized spacial score (nSPS) is 12.4. The average Bonchev–Trinajstić information content (AvgIpc) is 2.39. The van der Waals surface area contributed by atoms with E-state index in [9.17, 15) is 0 Å². The molecule has 18 heavy (non-hydrogen) atoms. The first-order chi connectivity index (χ1) is 8.69. The lowest BCUT2D eigenvalue weighted by Gasteiger charge is -2.10. The van der Waals surface area contributed by atoms with E-state index in [1.165, 1.54) is 16.7 Å². The number of aliphatic hydroxyl groups is 1. The standard InChI is InChI=1S/C16H19NO/c1-12-4-2-6-14(8-12)15-7-3-5-13(9-15)10-16(17)11-18/h2-9,16,18H,10-11,17H2,1H3. The molecule has 2 aromatic carbocycles. The number of rotatable bonds is 4. The molecular weight excluding hydrogens is 222 g/mol. The van der Waals surface area contributed by atoms with E-state index < -0.39 is 0 Å². The van der Waals surface area contributed by atoms with Crippen LogP contribution in [0, 0.1) is 6.92 Å². The van der Waals surface area contributed by atoms with E-state index in [1.807, 2.05) is 6.07 Å². The number of hydrogen-bond acceptors (Lipinski definition) is 2. The highest BCUT2D eigenvalue weighted by atomic mass is 16.3. The lowest BCUT2D eigenvalue weighted by atomic mass is 9.99. The molecule has 1 atom stereocenters. The Kier molecular flexibility index (Phi) is 4.13. The van der Waals surface area contributed by atoms with Crippen LogP contribution in [0.2, 0.25) is 0 Å². The van der Waals surface area contributed by atoms with Crippen molar-refractivity contribution >= 4 is 0 Å². The monoisotopic (exact) mass is 241 g/mol. The van der Waals surface area contributed by atoms with Crippen LogP contribution in [0.15, 0.2) is 48.5 Å². The molecule has 0 saturated heterocycles. The third-order valence-electron chi connectivity index (χ3n) is 3.01. The van der Waals surface area contributed by atoms with Gasteiger partial charge in [-0.1, -0.05) is 54.1 Å². The second-order valence-electron chi connectivity index (χ2n) is 4.72. The number of aryl methyl sites for hydroxylation is 1. The van der Waals surface area contributed by atoms with E-state index in [0.717, 1.165) is 5.56 Å². The Bertz CT molecular complexity index is 522. The maximum Gasteiger partial charge on any atom is 0.0585 e. The molecule has 2 nitrogen and oxygen atoms in total. The SMILES string of the molecule is Cc1cccc(-c2cccc(CC(N)CO)c2)c1. The van der Waals surface area contributed by atoms with Crippen LogP contribution in [0.5, 0.6) is 0 Å². The maximum atomic E-state index is 8.99. The molecule has 0 aliphatic carbocycles. The minimum absolute atomic E-state index is 0.0225. The van der Waals surface area contributed by atoms with E-state index in [-0.39, 0.29) is 12.6 Å². The highest BCUT2D eigenvalue weighted by Crippen LogP contribution is 2.21. The predicted molar refractivity (Wildman–Crippen MR) is 75.4 cm³/mol. The molecule has 2 heteroatoms. The topological polar surface area (TPSA) is 46.2 Å². The van der Waals surface area contributed by atoms with Crippen LogP contribution < -0.4 is 5.73 Å². The second kappa shape index (κ2) is 5.80. The Morgan fingerprint density at radius 3 is 2.39 bits per heavy atom. The van der Waals surface area contributed by atoms with Gasteiger partial charge in [0.25, 0.3) is 0 Å². The van der Waals surface area contributed by atoms with Gasteiger partial charge in [0, 0.05) is 6.04 Å². The molecular formula is C16H19NO. The summed E-state index contributed by atoms with van der Waals surface area (Å²) in [7, 11) is 0. The second-order valence-corrected chi connectivity index (χ2v) is 4.72. The zero-order chi connectivity index (χ0) is 13.0. The van der Waals surface area contributed by atoms with Crippen LogP contribution in [0.25, 0.3) is 11.1 Å². The molecule has 3 N–H and O–H groups in total. The summed E-state index contributed by atoms with van der Waals surface area (Å²) in [6.45, 7) is 2.11. The zero-order valence-corrected chi connectivity index (χ0v) is 10.6. The Morgan fingerprint density at radius 1 is 1.06 bits per heavy atom. The summed E-state index contributed by atoms with van der Waals surface area (Å²) in [6, 6.07) is 16.6. The molecule has 1 unspecified atom stereocenters. The summed E-state index contributed by atoms with van der Waals surface area (Å²) in [5.41, 5.74) is 10.6. The maximum absolute atomic E-state index is 8.99. The third kappa shape index (κ3) is 3.19. The molecule has 0 heterocycles. The van der Waals surface area contributed by atoms with Crippen molar-refractivity contribution in [3.63, 3.8) is 0 Å². The van der Waals surface area contributed by atoms with E-state index in [1.54, 1.807) is 0 Å². The van der Waals surface area contributed by atoms with Gasteiger partial charge in [-0.25, -0.2) is 0 Å². The molecule has 0 aliphatic rings. The van der Waals surface area contributed by atoms with E-state index in [0.29, 0.717) is 6.42 Å². The predicted octanol–water partition coefficient (Wildman–Crippen LogP) is 2.52. The van der Waals surface area contributed by atoms with Crippen molar-refractivity contribution in [2.45, 2.75) is 19.4 Å². The van der Waals surface area contributed by atoms with Crippen LogP contribution >= 0.6 is 0 Å². The molecule has 0 aromatic heterocycles. The highest BCUT2D eigenvalue weighted by molar-refractivity contribution is 5.64. The van der Waals surface area contributed by atoms with Crippen molar-refractivity contribution in [1.29, 1.82) is 0 Å². The summed E-state index contributed by atoms with van der Waals surface area (Å²) >= 11 is 0. The molecule has 2 aromatic rings. The Hall–Kier alpha value is -1.64. The van der Waals surface area contributed by atoms with Gasteiger partial charge in [-0.2, -0.15) is 0 Å². The van der Waals surface area contributed by atoms with Gasteiger partial charge in [0.1, 0.15) is 0 Å². The van der Waals surface area contributed by atoms with E-state index in [2.05, 4.69) is 49.4 Å². The third-order valence-corrected chi connectivity index (χ3v) is 3.01. The van der Waals surface area contributed by atoms with Crippen LogP contribution in [-0.2, 0) is 6.42 Å². The molecule has 0 aliphatic heterocycles. The van der Waals surface area contributed by atoms with Gasteiger partial charge in [0.05, 0.1) is 6.61 Å². The Morgan fingerprint density at radius 2 is 1.72 bits per heavy atom. The molecule has 0 spiro atoms. The fraction of sp³-hybridized carbons (Fsp3) is 0.250. The lowest BCUT2D eigenvalue weighted by molar-refractivity contribution is 0.265. The first-order valence-corrected chi connectivity index (χ1v) is 6.21. The number of hydrogen-bond donors (Lipinski definition) is 2. The summed E-state index contributed by atoms with van der Waals surface area (Å²) < 4.78 is 0. The molecule has 0 fully saturated rings. The van der Waals surface area contributed by atoms with Gasteiger partial charge in [-0.05, 0) is 30.0 Å². The first kappa shape index (κ1) is 12.8. The van der Waals surface area contributed by atoms with Gasteiger partial charge in [0.2, 0.25) is 0 Å². The highest BCUT2D eigenvalue weighted by Gasteiger charge is 2.04. The van der Waals surface area contributed by atoms with Crippen LogP contribution in [0.3, 0.4) is 0 Å². The Labute approximate surface area is 108 Å². The Balaban J connectivity index is 2.27. The van der Waals surface area contributed by atoms with Gasteiger partial charge >= 0.3 is 0 Å².